The van der Waals surface area contributed by atoms with E-state index in [0.29, 0.717) is 18.4 Å². The molecule has 43 heavy (non-hydrogen) atoms. The van der Waals surface area contributed by atoms with Crippen molar-refractivity contribution in [3.63, 3.8) is 0 Å². The number of halogens is 3. The number of benzene rings is 2. The molecule has 14 heteroatoms. The van der Waals surface area contributed by atoms with E-state index in [0.717, 1.165) is 18.9 Å². The van der Waals surface area contributed by atoms with Gasteiger partial charge >= 0.3 is 0 Å². The maximum absolute atomic E-state index is 14.5. The fourth-order valence-corrected chi connectivity index (χ4v) is 6.36. The molecule has 0 spiro atoms. The van der Waals surface area contributed by atoms with Crippen molar-refractivity contribution in [3.8, 4) is 17.3 Å². The van der Waals surface area contributed by atoms with Crippen LogP contribution in [0.25, 0.3) is 11.3 Å². The molecule has 7 atom stereocenters. The minimum atomic E-state index is -1.40. The number of carbonyl (C=O) groups is 1. The molecular weight excluding hydrogens is 604 g/mol. The van der Waals surface area contributed by atoms with Crippen molar-refractivity contribution in [1.29, 1.82) is 5.26 Å². The van der Waals surface area contributed by atoms with E-state index in [1.165, 1.54) is 53.2 Å². The summed E-state index contributed by atoms with van der Waals surface area (Å²) >= 11 is 12.3. The van der Waals surface area contributed by atoms with Crippen molar-refractivity contribution < 1.29 is 34.0 Å². The highest BCUT2D eigenvalue weighted by atomic mass is 35.5. The number of amides is 1. The molecule has 11 nitrogen and oxygen atoms in total. The van der Waals surface area contributed by atoms with Crippen LogP contribution in [0.4, 0.5) is 10.1 Å². The molecule has 1 aliphatic heterocycles. The highest BCUT2D eigenvalue weighted by Gasteiger charge is 2.52. The summed E-state index contributed by atoms with van der Waals surface area (Å²) in [7, 11) is 1.34. The zero-order chi connectivity index (χ0) is 30.8. The molecule has 0 unspecified atom stereocenters. The van der Waals surface area contributed by atoms with Gasteiger partial charge in [0, 0.05) is 28.4 Å². The minimum Gasteiger partial charge on any atom is -0.394 e. The maximum Gasteiger partial charge on any atom is 0.259 e. The van der Waals surface area contributed by atoms with Crippen LogP contribution >= 0.6 is 23.2 Å². The van der Waals surface area contributed by atoms with Crippen LogP contribution in [0.3, 0.4) is 0 Å². The Morgan fingerprint density at radius 3 is 2.60 bits per heavy atom. The smallest absolute Gasteiger partial charge is 0.259 e. The zero-order valence-corrected chi connectivity index (χ0v) is 24.6. The van der Waals surface area contributed by atoms with E-state index in [1.54, 1.807) is 0 Å². The first-order chi connectivity index (χ1) is 20.6. The summed E-state index contributed by atoms with van der Waals surface area (Å²) in [4.78, 5) is 15.9. The molecule has 3 N–H and O–H groups in total. The van der Waals surface area contributed by atoms with Crippen molar-refractivity contribution in [1.82, 2.24) is 15.0 Å². The molecule has 1 aliphatic carbocycles. The molecule has 1 amide bonds. The maximum atomic E-state index is 14.5. The average molecular weight is 634 g/mol. The molecule has 2 aromatic carbocycles. The monoisotopic (exact) mass is 633 g/mol. The number of hydrogen-bond donors (Lipinski definition) is 3. The van der Waals surface area contributed by atoms with Gasteiger partial charge in [-0.3, -0.25) is 4.79 Å². The first-order valence-corrected chi connectivity index (χ1v) is 14.5. The van der Waals surface area contributed by atoms with E-state index in [-0.39, 0.29) is 27.0 Å². The molecule has 3 aromatic rings. The standard InChI is InChI=1S/C29H30Cl2FN5O6/c1-42-27-25(36-13-21(34-35-36)16-8-18(31)10-19(32)9-16)26(40)24(14-38)43-28(27)29(41)37(22-4-2-3-5-23(22)39)20-7-15(12-33)6-17(30)11-20/h6-11,13,22-28,38-40H,2-5,14H2,1H3/t22-,23-,24+,25-,26-,27+,28+/m0/s1. The number of anilines is 1. The number of nitrogens with zero attached hydrogens (tertiary/aromatic N) is 5. The van der Waals surface area contributed by atoms with Crippen LogP contribution in [-0.4, -0.2) is 86.5 Å². The van der Waals surface area contributed by atoms with Gasteiger partial charge in [-0.05, 0) is 49.2 Å². The molecule has 0 bridgehead atoms. The number of rotatable bonds is 7. The van der Waals surface area contributed by atoms with Gasteiger partial charge in [-0.15, -0.1) is 5.10 Å². The second kappa shape index (κ2) is 13.2. The van der Waals surface area contributed by atoms with Crippen molar-refractivity contribution >= 4 is 34.8 Å². The molecule has 1 saturated carbocycles. The Morgan fingerprint density at radius 2 is 1.93 bits per heavy atom. The van der Waals surface area contributed by atoms with E-state index >= 15 is 0 Å². The first kappa shape index (κ1) is 31.3. The van der Waals surface area contributed by atoms with Crippen LogP contribution in [-0.2, 0) is 14.3 Å². The molecule has 1 saturated heterocycles. The summed E-state index contributed by atoms with van der Waals surface area (Å²) in [5.74, 6) is -1.20. The molecule has 228 valence electrons. The molecule has 2 heterocycles. The van der Waals surface area contributed by atoms with Crippen LogP contribution in [0.15, 0.2) is 42.6 Å². The third kappa shape index (κ3) is 6.39. The lowest BCUT2D eigenvalue weighted by atomic mass is 9.88. The van der Waals surface area contributed by atoms with Crippen LogP contribution in [0.5, 0.6) is 0 Å². The molecular formula is C29H30Cl2FN5O6. The lowest BCUT2D eigenvalue weighted by Crippen LogP contribution is -2.63. The summed E-state index contributed by atoms with van der Waals surface area (Å²) in [6.45, 7) is -0.638. The average Bonchev–Trinajstić information content (AvgIpc) is 3.47. The number of aliphatic hydroxyl groups excluding tert-OH is 3. The summed E-state index contributed by atoms with van der Waals surface area (Å²) in [6.07, 6.45) is -2.12. The highest BCUT2D eigenvalue weighted by Crippen LogP contribution is 2.37. The zero-order valence-electron chi connectivity index (χ0n) is 23.1. The van der Waals surface area contributed by atoms with Crippen molar-refractivity contribution in [2.24, 2.45) is 0 Å². The van der Waals surface area contributed by atoms with Crippen LogP contribution in [0, 0.1) is 17.1 Å². The fourth-order valence-electron chi connectivity index (χ4n) is 5.91. The lowest BCUT2D eigenvalue weighted by Gasteiger charge is -2.46. The van der Waals surface area contributed by atoms with E-state index in [4.69, 9.17) is 32.7 Å². The molecule has 0 radical (unpaired) electrons. The van der Waals surface area contributed by atoms with Crippen LogP contribution in [0.1, 0.15) is 37.3 Å². The van der Waals surface area contributed by atoms with E-state index in [2.05, 4.69) is 10.3 Å². The Balaban J connectivity index is 1.56. The van der Waals surface area contributed by atoms with E-state index in [1.807, 2.05) is 6.07 Å². The van der Waals surface area contributed by atoms with Gasteiger partial charge in [-0.1, -0.05) is 41.3 Å². The Kier molecular flexibility index (Phi) is 9.63. The number of ether oxygens (including phenoxy) is 2. The molecule has 1 aromatic heterocycles. The van der Waals surface area contributed by atoms with Gasteiger partial charge in [0.05, 0.1) is 36.6 Å². The van der Waals surface area contributed by atoms with Gasteiger partial charge in [-0.2, -0.15) is 5.26 Å². The number of methoxy groups -OCH3 is 1. The van der Waals surface area contributed by atoms with Crippen molar-refractivity contribution in [2.75, 3.05) is 18.6 Å². The Morgan fingerprint density at radius 1 is 1.19 bits per heavy atom. The second-order valence-electron chi connectivity index (χ2n) is 10.6. The van der Waals surface area contributed by atoms with Crippen molar-refractivity contribution in [2.45, 2.75) is 68.3 Å². The first-order valence-electron chi connectivity index (χ1n) is 13.7. The minimum absolute atomic E-state index is 0.155. The summed E-state index contributed by atoms with van der Waals surface area (Å²) in [5.41, 5.74) is 1.08. The SMILES string of the molecule is CO[C@@H]1[C@@H](n2cc(-c3cc(F)cc(Cl)c3)nn2)[C@@H](O)[C@@H](CO)O[C@H]1C(=O)N(c1cc(Cl)cc(C#N)c1)[C@H]1CCCC[C@@H]1O. The van der Waals surface area contributed by atoms with Gasteiger partial charge < -0.3 is 29.7 Å². The van der Waals surface area contributed by atoms with Crippen molar-refractivity contribution in [3.05, 3.63) is 64.0 Å². The topological polar surface area (TPSA) is 154 Å². The third-order valence-corrected chi connectivity index (χ3v) is 8.35. The predicted octanol–water partition coefficient (Wildman–Crippen LogP) is 3.28. The summed E-state index contributed by atoms with van der Waals surface area (Å²) < 4.78 is 27.0. The van der Waals surface area contributed by atoms with Crippen LogP contribution < -0.4 is 4.90 Å². The van der Waals surface area contributed by atoms with Gasteiger partial charge in [0.2, 0.25) is 0 Å². The number of aliphatic hydroxyl groups is 3. The molecule has 2 fully saturated rings. The summed E-state index contributed by atoms with van der Waals surface area (Å²) in [6, 6.07) is 8.65. The Labute approximate surface area is 256 Å². The van der Waals surface area contributed by atoms with Crippen LogP contribution in [0.2, 0.25) is 10.0 Å². The Hall–Kier alpha value is -3.15. The predicted molar refractivity (Wildman–Crippen MR) is 154 cm³/mol. The molecule has 2 aliphatic rings. The normalized spacial score (nSPS) is 27.4. The lowest BCUT2D eigenvalue weighted by molar-refractivity contribution is -0.211. The third-order valence-electron chi connectivity index (χ3n) is 7.91. The van der Waals surface area contributed by atoms with Gasteiger partial charge in [-0.25, -0.2) is 9.07 Å². The summed E-state index contributed by atoms with van der Waals surface area (Å²) in [5, 5.41) is 50.5. The number of hydrogen-bond acceptors (Lipinski definition) is 9. The van der Waals surface area contributed by atoms with Gasteiger partial charge in [0.25, 0.3) is 5.91 Å². The number of carbonyl (C=O) groups excluding carboxylic acids is 1. The largest absolute Gasteiger partial charge is 0.394 e. The van der Waals surface area contributed by atoms with E-state index < -0.39 is 60.9 Å². The Bertz CT molecular complexity index is 1500. The van der Waals surface area contributed by atoms with Gasteiger partial charge in [0.15, 0.2) is 6.10 Å². The quantitative estimate of drug-likeness (QED) is 0.355. The number of nitriles is 1. The highest BCUT2D eigenvalue weighted by molar-refractivity contribution is 6.31. The second-order valence-corrected chi connectivity index (χ2v) is 11.5. The number of aromatic nitrogens is 3. The van der Waals surface area contributed by atoms with Gasteiger partial charge in [0.1, 0.15) is 35.9 Å². The van der Waals surface area contributed by atoms with E-state index in [9.17, 15) is 29.8 Å². The molecule has 5 rings (SSSR count). The fraction of sp³-hybridized carbons (Fsp3) is 0.448.